The van der Waals surface area contributed by atoms with Crippen LogP contribution in [0, 0.1) is 0 Å². The highest BCUT2D eigenvalue weighted by Crippen LogP contribution is 2.24. The molecular formula is C11H16BrNOS. The number of thioether (sulfide) groups is 1. The molecule has 1 atom stereocenters. The van der Waals surface area contributed by atoms with E-state index < -0.39 is 0 Å². The second-order valence-electron chi connectivity index (χ2n) is 3.46. The molecule has 0 heterocycles. The van der Waals surface area contributed by atoms with E-state index in [0.29, 0.717) is 5.25 Å². The number of hydrogen-bond donors (Lipinski definition) is 2. The zero-order valence-electron chi connectivity index (χ0n) is 8.96. The van der Waals surface area contributed by atoms with Gasteiger partial charge in [-0.3, -0.25) is 0 Å². The van der Waals surface area contributed by atoms with Crippen molar-refractivity contribution in [3.8, 4) is 5.75 Å². The Morgan fingerprint density at radius 2 is 2.27 bits per heavy atom. The van der Waals surface area contributed by atoms with Gasteiger partial charge in [0.25, 0.3) is 0 Å². The Hall–Kier alpha value is -0.190. The first kappa shape index (κ1) is 12.9. The molecule has 0 aromatic heterocycles. The van der Waals surface area contributed by atoms with Crippen molar-refractivity contribution in [3.63, 3.8) is 0 Å². The maximum atomic E-state index is 9.32. The van der Waals surface area contributed by atoms with E-state index in [2.05, 4.69) is 34.4 Å². The number of hydrogen-bond acceptors (Lipinski definition) is 3. The molecule has 0 aliphatic heterocycles. The Bertz CT molecular complexity index is 319. The Morgan fingerprint density at radius 3 is 2.87 bits per heavy atom. The van der Waals surface area contributed by atoms with Crippen LogP contribution in [0.5, 0.6) is 5.75 Å². The molecule has 0 aliphatic carbocycles. The smallest absolute Gasteiger partial charge is 0.129 e. The Morgan fingerprint density at radius 1 is 1.53 bits per heavy atom. The minimum absolute atomic E-state index is 0.288. The molecule has 0 fully saturated rings. The molecule has 0 radical (unpaired) electrons. The minimum atomic E-state index is 0.288. The van der Waals surface area contributed by atoms with Gasteiger partial charge in [-0.25, -0.2) is 0 Å². The molecule has 0 bridgehead atoms. The van der Waals surface area contributed by atoms with E-state index in [1.165, 1.54) is 5.56 Å². The normalized spacial score (nSPS) is 12.7. The van der Waals surface area contributed by atoms with Crippen molar-refractivity contribution in [2.24, 2.45) is 0 Å². The SMILES string of the molecule is CSC(C)CNCc1ccc(O)c(Br)c1. The van der Waals surface area contributed by atoms with E-state index in [1.54, 1.807) is 6.07 Å². The van der Waals surface area contributed by atoms with Crippen molar-refractivity contribution in [3.05, 3.63) is 28.2 Å². The van der Waals surface area contributed by atoms with Crippen molar-refractivity contribution >= 4 is 27.7 Å². The zero-order valence-corrected chi connectivity index (χ0v) is 11.4. The highest BCUT2D eigenvalue weighted by Gasteiger charge is 2.01. The zero-order chi connectivity index (χ0) is 11.3. The van der Waals surface area contributed by atoms with Crippen LogP contribution in [0.25, 0.3) is 0 Å². The van der Waals surface area contributed by atoms with Gasteiger partial charge in [-0.05, 0) is 39.9 Å². The summed E-state index contributed by atoms with van der Waals surface area (Å²) in [6.45, 7) is 4.04. The third-order valence-electron chi connectivity index (χ3n) is 2.18. The number of benzene rings is 1. The van der Waals surface area contributed by atoms with Crippen LogP contribution < -0.4 is 5.32 Å². The van der Waals surface area contributed by atoms with Crippen molar-refractivity contribution in [2.45, 2.75) is 18.7 Å². The van der Waals surface area contributed by atoms with Gasteiger partial charge < -0.3 is 10.4 Å². The Balaban J connectivity index is 2.41. The molecule has 15 heavy (non-hydrogen) atoms. The van der Waals surface area contributed by atoms with Gasteiger partial charge in [0, 0.05) is 18.3 Å². The Labute approximate surface area is 104 Å². The molecule has 0 amide bonds. The largest absolute Gasteiger partial charge is 0.507 e. The summed E-state index contributed by atoms with van der Waals surface area (Å²) in [5.41, 5.74) is 1.17. The minimum Gasteiger partial charge on any atom is -0.507 e. The second-order valence-corrected chi connectivity index (χ2v) is 5.59. The summed E-state index contributed by atoms with van der Waals surface area (Å²) in [6, 6.07) is 5.57. The molecule has 0 spiro atoms. The van der Waals surface area contributed by atoms with Crippen LogP contribution in [0.2, 0.25) is 0 Å². The van der Waals surface area contributed by atoms with Gasteiger partial charge in [-0.2, -0.15) is 11.8 Å². The van der Waals surface area contributed by atoms with Gasteiger partial charge in [0.1, 0.15) is 5.75 Å². The second kappa shape index (κ2) is 6.40. The molecule has 1 rings (SSSR count). The number of halogens is 1. The molecule has 0 aliphatic rings. The van der Waals surface area contributed by atoms with Gasteiger partial charge in [0.05, 0.1) is 4.47 Å². The summed E-state index contributed by atoms with van der Waals surface area (Å²) in [6.07, 6.45) is 2.11. The molecule has 0 saturated heterocycles. The van der Waals surface area contributed by atoms with Crippen LogP contribution in [0.1, 0.15) is 12.5 Å². The van der Waals surface area contributed by atoms with E-state index in [9.17, 15) is 5.11 Å². The molecule has 0 saturated carbocycles. The van der Waals surface area contributed by atoms with Crippen LogP contribution in [0.4, 0.5) is 0 Å². The van der Waals surface area contributed by atoms with Crippen LogP contribution in [0.3, 0.4) is 0 Å². The van der Waals surface area contributed by atoms with Gasteiger partial charge in [-0.1, -0.05) is 13.0 Å². The first-order valence-electron chi connectivity index (χ1n) is 4.84. The molecular weight excluding hydrogens is 274 g/mol. The number of aromatic hydroxyl groups is 1. The summed E-state index contributed by atoms with van der Waals surface area (Å²) in [5, 5.41) is 13.3. The lowest BCUT2D eigenvalue weighted by Crippen LogP contribution is -2.21. The van der Waals surface area contributed by atoms with Crippen LogP contribution >= 0.6 is 27.7 Å². The lowest BCUT2D eigenvalue weighted by atomic mass is 10.2. The first-order chi connectivity index (χ1) is 7.13. The molecule has 1 aromatic rings. The van der Waals surface area contributed by atoms with Crippen molar-refractivity contribution < 1.29 is 5.11 Å². The lowest BCUT2D eigenvalue weighted by molar-refractivity contribution is 0.471. The lowest BCUT2D eigenvalue weighted by Gasteiger charge is -2.10. The van der Waals surface area contributed by atoms with Gasteiger partial charge in [0.2, 0.25) is 0 Å². The van der Waals surface area contributed by atoms with Crippen LogP contribution in [0.15, 0.2) is 22.7 Å². The van der Waals surface area contributed by atoms with E-state index >= 15 is 0 Å². The summed E-state index contributed by atoms with van der Waals surface area (Å²) >= 11 is 5.15. The highest BCUT2D eigenvalue weighted by atomic mass is 79.9. The van der Waals surface area contributed by atoms with E-state index in [0.717, 1.165) is 17.6 Å². The molecule has 2 N–H and O–H groups in total. The van der Waals surface area contributed by atoms with Crippen molar-refractivity contribution in [1.82, 2.24) is 5.32 Å². The standard InChI is InChI=1S/C11H16BrNOS/c1-8(15-2)6-13-7-9-3-4-11(14)10(12)5-9/h3-5,8,13-14H,6-7H2,1-2H3. The molecule has 1 unspecified atom stereocenters. The summed E-state index contributed by atoms with van der Waals surface area (Å²) in [5.74, 6) is 0.288. The fraction of sp³-hybridized carbons (Fsp3) is 0.455. The van der Waals surface area contributed by atoms with E-state index in [-0.39, 0.29) is 5.75 Å². The molecule has 1 aromatic carbocycles. The third-order valence-corrected chi connectivity index (χ3v) is 3.78. The van der Waals surface area contributed by atoms with Gasteiger partial charge in [-0.15, -0.1) is 0 Å². The first-order valence-corrected chi connectivity index (χ1v) is 6.92. The van der Waals surface area contributed by atoms with Crippen LogP contribution in [-0.4, -0.2) is 23.2 Å². The fourth-order valence-electron chi connectivity index (χ4n) is 1.16. The number of phenols is 1. The topological polar surface area (TPSA) is 32.3 Å². The quantitative estimate of drug-likeness (QED) is 0.874. The van der Waals surface area contributed by atoms with Crippen molar-refractivity contribution in [1.29, 1.82) is 0 Å². The van der Waals surface area contributed by atoms with Crippen molar-refractivity contribution in [2.75, 3.05) is 12.8 Å². The van der Waals surface area contributed by atoms with E-state index in [1.807, 2.05) is 23.9 Å². The maximum absolute atomic E-state index is 9.32. The predicted octanol–water partition coefficient (Wildman–Crippen LogP) is 3.00. The monoisotopic (exact) mass is 289 g/mol. The van der Waals surface area contributed by atoms with Gasteiger partial charge >= 0.3 is 0 Å². The Kier molecular flexibility index (Phi) is 5.50. The maximum Gasteiger partial charge on any atom is 0.129 e. The number of nitrogens with one attached hydrogen (secondary N) is 1. The summed E-state index contributed by atoms with van der Waals surface area (Å²) < 4.78 is 0.750. The average Bonchev–Trinajstić information content (AvgIpc) is 2.23. The molecule has 84 valence electrons. The fourth-order valence-corrected chi connectivity index (χ4v) is 1.87. The van der Waals surface area contributed by atoms with E-state index in [4.69, 9.17) is 0 Å². The summed E-state index contributed by atoms with van der Waals surface area (Å²) in [4.78, 5) is 0. The highest BCUT2D eigenvalue weighted by molar-refractivity contribution is 9.10. The van der Waals surface area contributed by atoms with Crippen LogP contribution in [-0.2, 0) is 6.54 Å². The number of rotatable bonds is 5. The molecule has 4 heteroatoms. The average molecular weight is 290 g/mol. The summed E-state index contributed by atoms with van der Waals surface area (Å²) in [7, 11) is 0. The third kappa shape index (κ3) is 4.45. The molecule has 2 nitrogen and oxygen atoms in total. The predicted molar refractivity (Wildman–Crippen MR) is 70.5 cm³/mol. The number of phenolic OH excluding ortho intramolecular Hbond substituents is 1. The van der Waals surface area contributed by atoms with Gasteiger partial charge in [0.15, 0.2) is 0 Å².